The molecule has 0 N–H and O–H groups in total. The van der Waals surface area contributed by atoms with Crippen molar-refractivity contribution in [1.29, 1.82) is 0 Å². The Bertz CT molecular complexity index is 3090. The molecule has 48 heavy (non-hydrogen) atoms. The predicted octanol–water partition coefficient (Wildman–Crippen LogP) is 11.8. The zero-order valence-corrected chi connectivity index (χ0v) is 25.7. The highest BCUT2D eigenvalue weighted by Crippen LogP contribution is 2.41. The van der Waals surface area contributed by atoms with Crippen LogP contribution in [-0.4, -0.2) is 14.5 Å². The van der Waals surface area contributed by atoms with Crippen LogP contribution >= 0.6 is 0 Å². The lowest BCUT2D eigenvalue weighted by molar-refractivity contribution is 0.666. The predicted molar refractivity (Wildman–Crippen MR) is 199 cm³/mol. The van der Waals surface area contributed by atoms with Crippen LogP contribution in [0.3, 0.4) is 0 Å². The van der Waals surface area contributed by atoms with Crippen LogP contribution in [0.15, 0.2) is 156 Å². The fourth-order valence-electron chi connectivity index (χ4n) is 7.80. The van der Waals surface area contributed by atoms with E-state index in [9.17, 15) is 0 Å². The van der Waals surface area contributed by atoms with Gasteiger partial charge in [0.05, 0.1) is 11.0 Å². The first-order chi connectivity index (χ1) is 23.8. The second kappa shape index (κ2) is 9.50. The second-order valence-electron chi connectivity index (χ2n) is 12.6. The number of hydrogen-bond acceptors (Lipinski definition) is 3. The number of aromatic nitrogens is 3. The van der Waals surface area contributed by atoms with Crippen molar-refractivity contribution in [3.8, 4) is 17.2 Å². The van der Waals surface area contributed by atoms with Crippen molar-refractivity contribution in [1.82, 2.24) is 14.5 Å². The third kappa shape index (κ3) is 3.49. The van der Waals surface area contributed by atoms with E-state index in [1.54, 1.807) is 0 Å². The van der Waals surface area contributed by atoms with Gasteiger partial charge in [-0.25, -0.2) is 9.97 Å². The van der Waals surface area contributed by atoms with E-state index in [0.29, 0.717) is 11.5 Å². The topological polar surface area (TPSA) is 43.9 Å². The van der Waals surface area contributed by atoms with Gasteiger partial charge in [0.25, 0.3) is 0 Å². The third-order valence-electron chi connectivity index (χ3n) is 9.97. The van der Waals surface area contributed by atoms with Gasteiger partial charge in [-0.2, -0.15) is 0 Å². The molecule has 4 heteroatoms. The molecule has 0 amide bonds. The maximum absolute atomic E-state index is 6.58. The lowest BCUT2D eigenvalue weighted by atomic mass is 9.93. The Morgan fingerprint density at radius 3 is 1.75 bits per heavy atom. The number of nitrogens with zero attached hydrogens (tertiary/aromatic N) is 3. The largest absolute Gasteiger partial charge is 0.452 e. The molecule has 4 nitrogen and oxygen atoms in total. The molecule has 0 saturated carbocycles. The highest BCUT2D eigenvalue weighted by molar-refractivity contribution is 6.26. The third-order valence-corrected chi connectivity index (χ3v) is 9.97. The van der Waals surface area contributed by atoms with Crippen LogP contribution in [0.2, 0.25) is 0 Å². The van der Waals surface area contributed by atoms with Gasteiger partial charge in [0, 0.05) is 21.7 Å². The van der Waals surface area contributed by atoms with E-state index in [1.165, 1.54) is 53.9 Å². The fourth-order valence-corrected chi connectivity index (χ4v) is 7.80. The van der Waals surface area contributed by atoms with E-state index in [-0.39, 0.29) is 0 Å². The van der Waals surface area contributed by atoms with Crippen LogP contribution in [0.4, 0.5) is 0 Å². The minimum atomic E-state index is 0.619. The molecule has 3 heterocycles. The molecule has 0 spiro atoms. The van der Waals surface area contributed by atoms with Crippen LogP contribution < -0.4 is 0 Å². The van der Waals surface area contributed by atoms with E-state index in [0.717, 1.165) is 38.8 Å². The Kier molecular flexibility index (Phi) is 5.08. The van der Waals surface area contributed by atoms with Crippen LogP contribution in [0.25, 0.3) is 104 Å². The SMILES string of the molecule is c1ccc2cc3c(cc2c1)c1ccccc1n3-c1nc(-c2ccc3c4ccccc4c4ccccc4c3c2)c2oc3ccccc3c2n1. The second-order valence-corrected chi connectivity index (χ2v) is 12.6. The van der Waals surface area contributed by atoms with Crippen molar-refractivity contribution in [3.63, 3.8) is 0 Å². The number of benzene rings is 8. The summed E-state index contributed by atoms with van der Waals surface area (Å²) in [6.07, 6.45) is 0. The molecule has 3 aromatic heterocycles. The van der Waals surface area contributed by atoms with Gasteiger partial charge in [0.2, 0.25) is 5.95 Å². The maximum Gasteiger partial charge on any atom is 0.236 e. The molecule has 0 aliphatic carbocycles. The summed E-state index contributed by atoms with van der Waals surface area (Å²) in [4.78, 5) is 10.7. The minimum absolute atomic E-state index is 0.619. The Hall–Kier alpha value is -6.52. The fraction of sp³-hybridized carbons (Fsp3) is 0. The molecule has 11 aromatic rings. The molecule has 0 unspecified atom stereocenters. The molecular weight excluding hydrogens is 587 g/mol. The number of furan rings is 1. The summed E-state index contributed by atoms with van der Waals surface area (Å²) in [6, 6.07) is 53.8. The Balaban J connectivity index is 1.27. The molecule has 0 atom stereocenters. The van der Waals surface area contributed by atoms with Gasteiger partial charge in [0.1, 0.15) is 16.8 Å². The normalized spacial score (nSPS) is 12.2. The van der Waals surface area contributed by atoms with Crippen LogP contribution in [0, 0.1) is 0 Å². The zero-order chi connectivity index (χ0) is 31.3. The maximum atomic E-state index is 6.58. The summed E-state index contributed by atoms with van der Waals surface area (Å²) in [7, 11) is 0. The van der Waals surface area contributed by atoms with Crippen LogP contribution in [0.5, 0.6) is 0 Å². The van der Waals surface area contributed by atoms with Crippen molar-refractivity contribution in [2.24, 2.45) is 0 Å². The molecule has 222 valence electrons. The summed E-state index contributed by atoms with van der Waals surface area (Å²) in [6.45, 7) is 0. The van der Waals surface area contributed by atoms with Crippen molar-refractivity contribution >= 4 is 87.0 Å². The quantitative estimate of drug-likeness (QED) is 0.183. The molecule has 11 rings (SSSR count). The van der Waals surface area contributed by atoms with Gasteiger partial charge in [0.15, 0.2) is 5.58 Å². The Morgan fingerprint density at radius 2 is 1.00 bits per heavy atom. The molecule has 0 saturated heterocycles. The summed E-state index contributed by atoms with van der Waals surface area (Å²) < 4.78 is 8.79. The Labute approximate surface area is 274 Å². The first-order valence-electron chi connectivity index (χ1n) is 16.3. The monoisotopic (exact) mass is 611 g/mol. The van der Waals surface area contributed by atoms with E-state index in [4.69, 9.17) is 14.4 Å². The molecule has 0 aliphatic heterocycles. The number of rotatable bonds is 2. The first-order valence-corrected chi connectivity index (χ1v) is 16.3. The summed E-state index contributed by atoms with van der Waals surface area (Å²) in [5.74, 6) is 0.619. The number of para-hydroxylation sites is 2. The standard InChI is InChI=1S/C44H25N3O/c1-2-12-27-25-39-37(23-26(27)11-1)34-17-7-9-19-38(34)47(39)44-45-41(43-42(46-44)35-18-8-10-20-40(35)48-43)28-21-22-33-31-15-4-3-13-29(31)30-14-5-6-16-32(30)36(33)24-28/h1-25H. The first kappa shape index (κ1) is 25.6. The molecule has 0 fully saturated rings. The minimum Gasteiger partial charge on any atom is -0.452 e. The lowest BCUT2D eigenvalue weighted by Crippen LogP contribution is -2.03. The summed E-state index contributed by atoms with van der Waals surface area (Å²) in [5.41, 5.74) is 6.20. The molecule has 0 bridgehead atoms. The Morgan fingerprint density at radius 1 is 0.417 bits per heavy atom. The van der Waals surface area contributed by atoms with E-state index < -0.39 is 0 Å². The highest BCUT2D eigenvalue weighted by atomic mass is 16.3. The smallest absolute Gasteiger partial charge is 0.236 e. The molecule has 0 radical (unpaired) electrons. The van der Waals surface area contributed by atoms with Gasteiger partial charge in [-0.1, -0.05) is 115 Å². The van der Waals surface area contributed by atoms with Crippen LogP contribution in [0.1, 0.15) is 0 Å². The molecule has 0 aliphatic rings. The van der Waals surface area contributed by atoms with Gasteiger partial charge in [-0.15, -0.1) is 0 Å². The zero-order valence-electron chi connectivity index (χ0n) is 25.7. The van der Waals surface area contributed by atoms with Crippen LogP contribution in [-0.2, 0) is 0 Å². The lowest BCUT2D eigenvalue weighted by Gasteiger charge is -2.13. The van der Waals surface area contributed by atoms with Gasteiger partial charge >= 0.3 is 0 Å². The van der Waals surface area contributed by atoms with Gasteiger partial charge in [-0.3, -0.25) is 4.57 Å². The summed E-state index contributed by atoms with van der Waals surface area (Å²) in [5, 5.41) is 13.1. The molecule has 8 aromatic carbocycles. The molecular formula is C44H25N3O. The van der Waals surface area contributed by atoms with Crippen molar-refractivity contribution in [3.05, 3.63) is 152 Å². The van der Waals surface area contributed by atoms with E-state index >= 15 is 0 Å². The average Bonchev–Trinajstić information content (AvgIpc) is 3.69. The van der Waals surface area contributed by atoms with Gasteiger partial charge in [-0.05, 0) is 79.5 Å². The highest BCUT2D eigenvalue weighted by Gasteiger charge is 2.22. The average molecular weight is 612 g/mol. The summed E-state index contributed by atoms with van der Waals surface area (Å²) >= 11 is 0. The van der Waals surface area contributed by atoms with Crippen molar-refractivity contribution < 1.29 is 4.42 Å². The van der Waals surface area contributed by atoms with Crippen molar-refractivity contribution in [2.75, 3.05) is 0 Å². The number of fused-ring (bicyclic) bond motifs is 13. The van der Waals surface area contributed by atoms with Gasteiger partial charge < -0.3 is 4.42 Å². The van der Waals surface area contributed by atoms with E-state index in [1.807, 2.05) is 18.2 Å². The van der Waals surface area contributed by atoms with E-state index in [2.05, 4.69) is 138 Å². The van der Waals surface area contributed by atoms with Crippen molar-refractivity contribution in [2.45, 2.75) is 0 Å². The number of hydrogen-bond donors (Lipinski definition) is 0.